The number of hydrogen-bond acceptors (Lipinski definition) is 5. The van der Waals surface area contributed by atoms with E-state index in [1.165, 1.54) is 0 Å². The fraction of sp³-hybridized carbons (Fsp3) is 0.714. The van der Waals surface area contributed by atoms with Crippen molar-refractivity contribution in [3.05, 3.63) is 0 Å². The van der Waals surface area contributed by atoms with E-state index in [9.17, 15) is 19.2 Å². The molecule has 6 nitrogen and oxygen atoms in total. The molecule has 1 saturated carbocycles. The van der Waals surface area contributed by atoms with Crippen molar-refractivity contribution in [3.63, 3.8) is 0 Å². The Kier molecular flexibility index (Phi) is 4.20. The van der Waals surface area contributed by atoms with Gasteiger partial charge in [-0.3, -0.25) is 24.1 Å². The molecule has 1 heterocycles. The van der Waals surface area contributed by atoms with Gasteiger partial charge in [0.05, 0.1) is 25.0 Å². The fourth-order valence-corrected chi connectivity index (χ4v) is 3.11. The Morgan fingerprint density at radius 3 is 2.25 bits per heavy atom. The number of rotatable bonds is 5. The first-order valence-electron chi connectivity index (χ1n) is 6.96. The van der Waals surface area contributed by atoms with Gasteiger partial charge in [-0.05, 0) is 25.7 Å². The smallest absolute Gasteiger partial charge is 0.313 e. The summed E-state index contributed by atoms with van der Waals surface area (Å²) in [7, 11) is 0. The van der Waals surface area contributed by atoms with Crippen molar-refractivity contribution in [1.29, 1.82) is 0 Å². The van der Waals surface area contributed by atoms with Gasteiger partial charge in [0.2, 0.25) is 11.8 Å². The number of imide groups is 1. The summed E-state index contributed by atoms with van der Waals surface area (Å²) in [5.74, 6) is -1.78. The summed E-state index contributed by atoms with van der Waals surface area (Å²) in [6.45, 7) is 3.57. The van der Waals surface area contributed by atoms with Crippen LogP contribution in [0.4, 0.5) is 0 Å². The molecule has 0 aromatic heterocycles. The number of ether oxygens (including phenoxy) is 1. The zero-order chi connectivity index (χ0) is 14.9. The number of amides is 2. The second-order valence-corrected chi connectivity index (χ2v) is 5.57. The number of fused-ring (bicyclic) bond motifs is 1. The van der Waals surface area contributed by atoms with Gasteiger partial charge in [-0.15, -0.1) is 0 Å². The largest absolute Gasteiger partial charge is 0.466 e. The van der Waals surface area contributed by atoms with Crippen molar-refractivity contribution >= 4 is 23.6 Å². The first-order chi connectivity index (χ1) is 9.43. The van der Waals surface area contributed by atoms with Crippen LogP contribution in [-0.4, -0.2) is 41.6 Å². The number of carbonyl (C=O) groups is 4. The van der Waals surface area contributed by atoms with Gasteiger partial charge in [-0.25, -0.2) is 0 Å². The van der Waals surface area contributed by atoms with E-state index in [1.54, 1.807) is 6.92 Å². The van der Waals surface area contributed by atoms with Crippen molar-refractivity contribution in [2.45, 2.75) is 33.1 Å². The number of ketones is 1. The topological polar surface area (TPSA) is 80.8 Å². The zero-order valence-corrected chi connectivity index (χ0v) is 11.8. The van der Waals surface area contributed by atoms with Gasteiger partial charge < -0.3 is 4.74 Å². The Labute approximate surface area is 117 Å². The maximum Gasteiger partial charge on any atom is 0.313 e. The van der Waals surface area contributed by atoms with Crippen molar-refractivity contribution in [3.8, 4) is 0 Å². The molecule has 0 N–H and O–H groups in total. The molecule has 6 heteroatoms. The summed E-state index contributed by atoms with van der Waals surface area (Å²) in [6.07, 6.45) is 1.02. The Balaban J connectivity index is 1.94. The summed E-state index contributed by atoms with van der Waals surface area (Å²) in [5, 5.41) is 0. The molecule has 2 aliphatic rings. The van der Waals surface area contributed by atoms with E-state index in [1.807, 2.05) is 6.92 Å². The highest BCUT2D eigenvalue weighted by Gasteiger charge is 2.51. The van der Waals surface area contributed by atoms with E-state index in [0.717, 1.165) is 4.90 Å². The molecule has 1 aliphatic heterocycles. The van der Waals surface area contributed by atoms with Gasteiger partial charge in [0, 0.05) is 0 Å². The van der Waals surface area contributed by atoms with Gasteiger partial charge in [0.1, 0.15) is 6.42 Å². The third kappa shape index (κ3) is 2.73. The van der Waals surface area contributed by atoms with Crippen LogP contribution >= 0.6 is 0 Å². The standard InChI is InChI=1S/C14H19NO5/c1-3-20-12(17)6-9(16)7-15-13(18)10-4-8(2)5-11(10)14(15)19/h8,10-11H,3-7H2,1-2H3. The van der Waals surface area contributed by atoms with Gasteiger partial charge in [-0.2, -0.15) is 0 Å². The van der Waals surface area contributed by atoms with Gasteiger partial charge in [0.15, 0.2) is 5.78 Å². The van der Waals surface area contributed by atoms with Crippen LogP contribution in [0.1, 0.15) is 33.1 Å². The second-order valence-electron chi connectivity index (χ2n) is 5.57. The number of likely N-dealkylation sites (tertiary alicyclic amines) is 1. The Morgan fingerprint density at radius 1 is 1.20 bits per heavy atom. The van der Waals surface area contributed by atoms with Gasteiger partial charge in [-0.1, -0.05) is 6.92 Å². The van der Waals surface area contributed by atoms with E-state index in [4.69, 9.17) is 0 Å². The van der Waals surface area contributed by atoms with Crippen molar-refractivity contribution in [2.24, 2.45) is 17.8 Å². The summed E-state index contributed by atoms with van der Waals surface area (Å²) < 4.78 is 4.67. The van der Waals surface area contributed by atoms with Gasteiger partial charge in [0.25, 0.3) is 0 Å². The van der Waals surface area contributed by atoms with E-state index >= 15 is 0 Å². The van der Waals surface area contributed by atoms with E-state index < -0.39 is 18.2 Å². The predicted molar refractivity (Wildman–Crippen MR) is 68.4 cm³/mol. The van der Waals surface area contributed by atoms with E-state index in [-0.39, 0.29) is 36.8 Å². The Bertz CT molecular complexity index is 434. The SMILES string of the molecule is CCOC(=O)CC(=O)CN1C(=O)C2CC(C)CC2C1=O. The van der Waals surface area contributed by atoms with Crippen molar-refractivity contribution in [2.75, 3.05) is 13.2 Å². The molecule has 0 bridgehead atoms. The Morgan fingerprint density at radius 2 is 1.75 bits per heavy atom. The third-order valence-electron chi connectivity index (χ3n) is 3.95. The van der Waals surface area contributed by atoms with Crippen molar-refractivity contribution < 1.29 is 23.9 Å². The highest BCUT2D eigenvalue weighted by molar-refractivity contribution is 6.09. The fourth-order valence-electron chi connectivity index (χ4n) is 3.11. The lowest BCUT2D eigenvalue weighted by atomic mass is 10.00. The Hall–Kier alpha value is -1.72. The van der Waals surface area contributed by atoms with Crippen molar-refractivity contribution in [1.82, 2.24) is 4.90 Å². The molecular weight excluding hydrogens is 262 g/mol. The molecule has 0 spiro atoms. The quantitative estimate of drug-likeness (QED) is 0.417. The van der Waals surface area contributed by atoms with Crippen LogP contribution in [0.5, 0.6) is 0 Å². The van der Waals surface area contributed by atoms with Crippen LogP contribution in [-0.2, 0) is 23.9 Å². The molecule has 20 heavy (non-hydrogen) atoms. The summed E-state index contributed by atoms with van der Waals surface area (Å²) in [5.41, 5.74) is 0. The third-order valence-corrected chi connectivity index (χ3v) is 3.95. The molecule has 2 rings (SSSR count). The molecule has 2 fully saturated rings. The molecule has 0 radical (unpaired) electrons. The highest BCUT2D eigenvalue weighted by atomic mass is 16.5. The first kappa shape index (κ1) is 14.7. The number of esters is 1. The molecule has 2 amide bonds. The van der Waals surface area contributed by atoms with Crippen LogP contribution in [0.2, 0.25) is 0 Å². The molecule has 2 atom stereocenters. The molecule has 2 unspecified atom stereocenters. The summed E-state index contributed by atoms with van der Waals surface area (Å²) in [6, 6.07) is 0. The minimum Gasteiger partial charge on any atom is -0.466 e. The minimum absolute atomic E-state index is 0.204. The predicted octanol–water partition coefficient (Wildman–Crippen LogP) is 0.540. The van der Waals surface area contributed by atoms with Crippen LogP contribution in [0.25, 0.3) is 0 Å². The lowest BCUT2D eigenvalue weighted by Crippen LogP contribution is -2.37. The van der Waals surface area contributed by atoms with Crippen LogP contribution in [0, 0.1) is 17.8 Å². The van der Waals surface area contributed by atoms with E-state index in [2.05, 4.69) is 4.74 Å². The average Bonchev–Trinajstić information content (AvgIpc) is 2.84. The monoisotopic (exact) mass is 281 g/mol. The van der Waals surface area contributed by atoms with Crippen LogP contribution in [0.3, 0.4) is 0 Å². The number of carbonyl (C=O) groups excluding carboxylic acids is 4. The summed E-state index contributed by atoms with van der Waals surface area (Å²) >= 11 is 0. The molecule has 110 valence electrons. The number of nitrogens with zero attached hydrogens (tertiary/aromatic N) is 1. The summed E-state index contributed by atoms with van der Waals surface area (Å²) in [4.78, 5) is 48.2. The van der Waals surface area contributed by atoms with Gasteiger partial charge >= 0.3 is 5.97 Å². The maximum atomic E-state index is 12.1. The minimum atomic E-state index is -0.620. The second kappa shape index (κ2) is 5.73. The number of hydrogen-bond donors (Lipinski definition) is 0. The van der Waals surface area contributed by atoms with E-state index in [0.29, 0.717) is 18.8 Å². The molecule has 1 saturated heterocycles. The molecule has 0 aromatic carbocycles. The zero-order valence-electron chi connectivity index (χ0n) is 11.8. The molecule has 0 aromatic rings. The molecular formula is C14H19NO5. The highest BCUT2D eigenvalue weighted by Crippen LogP contribution is 2.42. The van der Waals surface area contributed by atoms with Crippen LogP contribution in [0.15, 0.2) is 0 Å². The first-order valence-corrected chi connectivity index (χ1v) is 6.96. The maximum absolute atomic E-state index is 12.1. The average molecular weight is 281 g/mol. The number of Topliss-reactive ketones (excluding diaryl/α,β-unsaturated/α-hetero) is 1. The normalized spacial score (nSPS) is 28.7. The lowest BCUT2D eigenvalue weighted by molar-refractivity contribution is -0.149. The molecule has 1 aliphatic carbocycles. The lowest BCUT2D eigenvalue weighted by Gasteiger charge is -2.15. The van der Waals surface area contributed by atoms with Crippen LogP contribution < -0.4 is 0 Å².